The van der Waals surface area contributed by atoms with Crippen molar-refractivity contribution < 1.29 is 9.53 Å². The Hall–Kier alpha value is -0.530. The molecule has 0 heterocycles. The van der Waals surface area contributed by atoms with E-state index < -0.39 is 0 Å². The molecular formula is C20H36O2. The number of fused-ring (bicyclic) bond motifs is 2. The topological polar surface area (TPSA) is 26.3 Å². The maximum Gasteiger partial charge on any atom is 0.312 e. The molecule has 0 spiro atoms. The lowest BCUT2D eigenvalue weighted by Gasteiger charge is -2.54. The minimum absolute atomic E-state index is 0.0173. The molecule has 0 amide bonds. The van der Waals surface area contributed by atoms with Crippen molar-refractivity contribution in [2.75, 3.05) is 0 Å². The van der Waals surface area contributed by atoms with Crippen molar-refractivity contribution in [2.45, 2.75) is 98.5 Å². The molecule has 0 N–H and O–H groups in total. The van der Waals surface area contributed by atoms with E-state index in [-0.39, 0.29) is 22.4 Å². The Kier molecular flexibility index (Phi) is 5.00. The fourth-order valence-electron chi connectivity index (χ4n) is 4.67. The van der Waals surface area contributed by atoms with E-state index in [1.807, 2.05) is 13.8 Å². The van der Waals surface area contributed by atoms with Crippen molar-refractivity contribution in [3.63, 3.8) is 0 Å². The Morgan fingerprint density at radius 3 is 2.09 bits per heavy atom. The van der Waals surface area contributed by atoms with Gasteiger partial charge in [0.15, 0.2) is 0 Å². The normalized spacial score (nSPS) is 34.8. The van der Waals surface area contributed by atoms with Gasteiger partial charge in [0.25, 0.3) is 0 Å². The first kappa shape index (κ1) is 17.8. The standard InChI is InChI=1S/C20H36O2/c1-7-18(3,4)17(21)22-20(6,8-2)19(5)13-15-10-9-11-16(12-15)14-19/h15-16H,7-14H2,1-6H3. The third kappa shape index (κ3) is 3.21. The van der Waals surface area contributed by atoms with Crippen LogP contribution in [0.4, 0.5) is 0 Å². The fraction of sp³-hybridized carbons (Fsp3) is 0.950. The van der Waals surface area contributed by atoms with Crippen molar-refractivity contribution >= 4 is 5.97 Å². The maximum atomic E-state index is 12.7. The fourth-order valence-corrected chi connectivity index (χ4v) is 4.67. The van der Waals surface area contributed by atoms with Gasteiger partial charge in [-0.05, 0) is 64.7 Å². The van der Waals surface area contributed by atoms with Crippen LogP contribution in [0.3, 0.4) is 0 Å². The number of rotatable bonds is 5. The Labute approximate surface area is 137 Å². The highest BCUT2D eigenvalue weighted by Gasteiger charge is 2.52. The molecule has 0 aromatic rings. The van der Waals surface area contributed by atoms with E-state index in [1.54, 1.807) is 0 Å². The zero-order valence-electron chi connectivity index (χ0n) is 15.6. The Balaban J connectivity index is 2.19. The van der Waals surface area contributed by atoms with Crippen molar-refractivity contribution in [1.29, 1.82) is 0 Å². The second kappa shape index (κ2) is 6.17. The molecule has 0 saturated heterocycles. The van der Waals surface area contributed by atoms with Crippen molar-refractivity contribution in [3.8, 4) is 0 Å². The molecule has 0 radical (unpaired) electrons. The Morgan fingerprint density at radius 2 is 1.64 bits per heavy atom. The van der Waals surface area contributed by atoms with Crippen LogP contribution in [0, 0.1) is 22.7 Å². The van der Waals surface area contributed by atoms with Crippen molar-refractivity contribution in [2.24, 2.45) is 22.7 Å². The van der Waals surface area contributed by atoms with E-state index in [9.17, 15) is 4.79 Å². The van der Waals surface area contributed by atoms with Crippen LogP contribution in [-0.2, 0) is 9.53 Å². The summed E-state index contributed by atoms with van der Waals surface area (Å²) in [6.07, 6.45) is 9.75. The van der Waals surface area contributed by atoms with E-state index in [1.165, 1.54) is 38.5 Å². The number of ether oxygens (including phenoxy) is 1. The van der Waals surface area contributed by atoms with Gasteiger partial charge in [0, 0.05) is 5.41 Å². The number of hydrogen-bond donors (Lipinski definition) is 0. The first-order valence-electron chi connectivity index (χ1n) is 9.39. The van der Waals surface area contributed by atoms with Gasteiger partial charge in [-0.25, -0.2) is 0 Å². The van der Waals surface area contributed by atoms with Crippen LogP contribution >= 0.6 is 0 Å². The first-order chi connectivity index (χ1) is 10.2. The highest BCUT2D eigenvalue weighted by molar-refractivity contribution is 5.76. The van der Waals surface area contributed by atoms with Gasteiger partial charge in [-0.2, -0.15) is 0 Å². The molecule has 2 bridgehead atoms. The van der Waals surface area contributed by atoms with Crippen molar-refractivity contribution in [3.05, 3.63) is 0 Å². The van der Waals surface area contributed by atoms with Crippen LogP contribution in [-0.4, -0.2) is 11.6 Å². The molecule has 2 aliphatic carbocycles. The summed E-state index contributed by atoms with van der Waals surface area (Å²) in [4.78, 5) is 12.7. The minimum Gasteiger partial charge on any atom is -0.458 e. The quantitative estimate of drug-likeness (QED) is 0.605. The molecular weight excluding hydrogens is 272 g/mol. The van der Waals surface area contributed by atoms with Gasteiger partial charge in [-0.1, -0.05) is 40.0 Å². The van der Waals surface area contributed by atoms with Gasteiger partial charge in [-0.15, -0.1) is 0 Å². The zero-order chi connectivity index (χ0) is 16.6. The van der Waals surface area contributed by atoms with Crippen LogP contribution in [0.1, 0.15) is 92.9 Å². The SMILES string of the molecule is CCC(C)(C)C(=O)OC(C)(CC)C1(C)CC2CCCC(C2)C1. The predicted molar refractivity (Wildman–Crippen MR) is 91.6 cm³/mol. The van der Waals surface area contributed by atoms with Gasteiger partial charge in [0.1, 0.15) is 5.60 Å². The van der Waals surface area contributed by atoms with E-state index in [0.29, 0.717) is 0 Å². The van der Waals surface area contributed by atoms with Crippen LogP contribution in [0.15, 0.2) is 0 Å². The average Bonchev–Trinajstić information content (AvgIpc) is 2.46. The average molecular weight is 309 g/mol. The summed E-state index contributed by atoms with van der Waals surface area (Å²) in [5.74, 6) is 1.68. The van der Waals surface area contributed by atoms with E-state index >= 15 is 0 Å². The molecule has 0 aromatic carbocycles. The van der Waals surface area contributed by atoms with E-state index in [4.69, 9.17) is 4.74 Å². The summed E-state index contributed by atoms with van der Waals surface area (Å²) in [7, 11) is 0. The van der Waals surface area contributed by atoms with Gasteiger partial charge in [0.05, 0.1) is 5.41 Å². The maximum absolute atomic E-state index is 12.7. The molecule has 0 aromatic heterocycles. The highest BCUT2D eigenvalue weighted by Crippen LogP contribution is 2.55. The van der Waals surface area contributed by atoms with Crippen LogP contribution in [0.2, 0.25) is 0 Å². The van der Waals surface area contributed by atoms with Crippen LogP contribution in [0.5, 0.6) is 0 Å². The summed E-state index contributed by atoms with van der Waals surface area (Å²) in [5, 5.41) is 0. The van der Waals surface area contributed by atoms with E-state index in [0.717, 1.165) is 24.7 Å². The van der Waals surface area contributed by atoms with E-state index in [2.05, 4.69) is 27.7 Å². The van der Waals surface area contributed by atoms with Crippen molar-refractivity contribution in [1.82, 2.24) is 0 Å². The molecule has 2 fully saturated rings. The molecule has 0 aliphatic heterocycles. The molecule has 22 heavy (non-hydrogen) atoms. The number of carbonyl (C=O) groups excluding carboxylic acids is 1. The number of carbonyl (C=O) groups is 1. The van der Waals surface area contributed by atoms with Gasteiger partial charge >= 0.3 is 5.97 Å². The number of esters is 1. The summed E-state index contributed by atoms with van der Waals surface area (Å²) in [5.41, 5.74) is -0.572. The second-order valence-electron chi connectivity index (χ2n) is 9.08. The molecule has 2 aliphatic rings. The minimum atomic E-state index is -0.378. The summed E-state index contributed by atoms with van der Waals surface area (Å²) in [6.45, 7) is 12.8. The van der Waals surface area contributed by atoms with Gasteiger partial charge < -0.3 is 4.74 Å². The Bertz CT molecular complexity index is 400. The molecule has 2 heteroatoms. The lowest BCUT2D eigenvalue weighted by molar-refractivity contribution is -0.192. The zero-order valence-corrected chi connectivity index (χ0v) is 15.6. The third-order valence-electron chi connectivity index (χ3n) is 7.08. The van der Waals surface area contributed by atoms with Gasteiger partial charge in [0.2, 0.25) is 0 Å². The molecule has 3 atom stereocenters. The molecule has 2 rings (SSSR count). The van der Waals surface area contributed by atoms with Crippen LogP contribution in [0.25, 0.3) is 0 Å². The predicted octanol–water partition coefficient (Wildman–Crippen LogP) is 5.74. The third-order valence-corrected chi connectivity index (χ3v) is 7.08. The lowest BCUT2D eigenvalue weighted by Crippen LogP contribution is -2.53. The molecule has 2 nitrogen and oxygen atoms in total. The highest BCUT2D eigenvalue weighted by atomic mass is 16.6. The first-order valence-corrected chi connectivity index (χ1v) is 9.39. The summed E-state index contributed by atoms with van der Waals surface area (Å²) >= 11 is 0. The summed E-state index contributed by atoms with van der Waals surface area (Å²) < 4.78 is 6.21. The molecule has 3 unspecified atom stereocenters. The summed E-state index contributed by atoms with van der Waals surface area (Å²) in [6, 6.07) is 0. The smallest absolute Gasteiger partial charge is 0.312 e. The second-order valence-corrected chi connectivity index (χ2v) is 9.08. The Morgan fingerprint density at radius 1 is 1.09 bits per heavy atom. The van der Waals surface area contributed by atoms with Crippen LogP contribution < -0.4 is 0 Å². The van der Waals surface area contributed by atoms with Gasteiger partial charge in [-0.3, -0.25) is 4.79 Å². The number of hydrogen-bond acceptors (Lipinski definition) is 2. The monoisotopic (exact) mass is 308 g/mol. The molecule has 2 saturated carbocycles. The lowest BCUT2D eigenvalue weighted by atomic mass is 9.55. The largest absolute Gasteiger partial charge is 0.458 e. The molecule has 128 valence electrons.